The Morgan fingerprint density at radius 2 is 1.97 bits per heavy atom. The highest BCUT2D eigenvalue weighted by atomic mass is 35.5. The molecule has 1 aliphatic carbocycles. The van der Waals surface area contributed by atoms with Gasteiger partial charge in [-0.15, -0.1) is 0 Å². The number of benzene rings is 2. The van der Waals surface area contributed by atoms with E-state index in [4.69, 9.17) is 22.1 Å². The summed E-state index contributed by atoms with van der Waals surface area (Å²) in [5.74, 6) is -0.920. The minimum absolute atomic E-state index is 0.00141. The lowest BCUT2D eigenvalue weighted by Gasteiger charge is -2.29. The van der Waals surface area contributed by atoms with Crippen LogP contribution in [0, 0.1) is 11.7 Å². The third kappa shape index (κ3) is 4.33. The maximum atomic E-state index is 14.7. The Morgan fingerprint density at radius 3 is 2.72 bits per heavy atom. The monoisotopic (exact) mass is 512 g/mol. The quantitative estimate of drug-likeness (QED) is 0.506. The Balaban J connectivity index is 1.37. The minimum Gasteiger partial charge on any atom is -0.382 e. The molecule has 3 aromatic rings. The molecule has 1 aliphatic heterocycles. The molecule has 3 amide bonds. The van der Waals surface area contributed by atoms with Gasteiger partial charge in [-0.1, -0.05) is 41.9 Å². The molecule has 2 fully saturated rings. The number of para-hydroxylation sites is 1. The van der Waals surface area contributed by atoms with Crippen LogP contribution in [-0.2, 0) is 20.7 Å². The van der Waals surface area contributed by atoms with E-state index in [1.807, 2.05) is 12.1 Å². The van der Waals surface area contributed by atoms with E-state index in [9.17, 15) is 18.8 Å². The summed E-state index contributed by atoms with van der Waals surface area (Å²) in [7, 11) is 1.46. The molecule has 2 aromatic carbocycles. The molecule has 188 valence electrons. The van der Waals surface area contributed by atoms with Crippen molar-refractivity contribution in [2.45, 2.75) is 37.4 Å². The van der Waals surface area contributed by atoms with Crippen LogP contribution in [0.3, 0.4) is 0 Å². The zero-order valence-corrected chi connectivity index (χ0v) is 20.4. The number of aromatic nitrogens is 1. The van der Waals surface area contributed by atoms with E-state index in [0.717, 1.165) is 11.8 Å². The van der Waals surface area contributed by atoms with E-state index >= 15 is 0 Å². The number of amides is 3. The number of primary amides is 1. The first-order valence-electron chi connectivity index (χ1n) is 11.7. The van der Waals surface area contributed by atoms with Gasteiger partial charge in [-0.05, 0) is 36.5 Å². The number of nitrogens with zero attached hydrogens (tertiary/aromatic N) is 2. The fraction of sp³-hybridized carbons (Fsp3) is 0.346. The van der Waals surface area contributed by atoms with Crippen LogP contribution >= 0.6 is 11.6 Å². The lowest BCUT2D eigenvalue weighted by molar-refractivity contribution is -0.139. The molecule has 3 N–H and O–H groups in total. The minimum atomic E-state index is -0.761. The smallest absolute Gasteiger partial charge is 0.323 e. The molecule has 0 bridgehead atoms. The van der Waals surface area contributed by atoms with Crippen LogP contribution in [-0.4, -0.2) is 53.1 Å². The first kappa shape index (κ1) is 24.3. The molecule has 2 heterocycles. The van der Waals surface area contributed by atoms with E-state index in [1.54, 1.807) is 35.4 Å². The van der Waals surface area contributed by atoms with Crippen molar-refractivity contribution >= 4 is 40.3 Å². The highest BCUT2D eigenvalue weighted by Crippen LogP contribution is 2.48. The van der Waals surface area contributed by atoms with Gasteiger partial charge in [0.25, 0.3) is 0 Å². The van der Waals surface area contributed by atoms with Gasteiger partial charge in [0.05, 0.1) is 29.6 Å². The number of ether oxygens (including phenoxy) is 1. The first-order chi connectivity index (χ1) is 17.3. The number of methoxy groups -OCH3 is 1. The number of hydrogen-bond donors (Lipinski definition) is 2. The molecule has 0 spiro atoms. The Labute approximate surface area is 212 Å². The van der Waals surface area contributed by atoms with E-state index in [1.165, 1.54) is 17.7 Å². The van der Waals surface area contributed by atoms with Crippen molar-refractivity contribution in [3.8, 4) is 0 Å². The lowest BCUT2D eigenvalue weighted by atomic mass is 10.0. The topological polar surface area (TPSA) is 107 Å². The van der Waals surface area contributed by atoms with Crippen molar-refractivity contribution in [2.24, 2.45) is 11.7 Å². The van der Waals surface area contributed by atoms with E-state index in [-0.39, 0.29) is 47.4 Å². The summed E-state index contributed by atoms with van der Waals surface area (Å²) in [6.07, 6.45) is 3.00. The largest absolute Gasteiger partial charge is 0.382 e. The summed E-state index contributed by atoms with van der Waals surface area (Å²) in [4.78, 5) is 40.4. The second kappa shape index (κ2) is 9.55. The van der Waals surface area contributed by atoms with Gasteiger partial charge in [-0.25, -0.2) is 9.18 Å². The SMILES string of the molecule is COCC(NC(=O)[C@@H]1C[C@H]2C[C@H]2N1C(=O)Cc1cn(C(N)=O)c2ccccc12)c1cccc(Cl)c1F. The highest BCUT2D eigenvalue weighted by Gasteiger charge is 2.56. The maximum absolute atomic E-state index is 14.7. The van der Waals surface area contributed by atoms with Crippen LogP contribution in [0.5, 0.6) is 0 Å². The van der Waals surface area contributed by atoms with E-state index < -0.39 is 23.9 Å². The summed E-state index contributed by atoms with van der Waals surface area (Å²) in [5.41, 5.74) is 7.01. The van der Waals surface area contributed by atoms with Crippen LogP contribution in [0.1, 0.15) is 30.0 Å². The summed E-state index contributed by atoms with van der Waals surface area (Å²) in [6, 6.07) is 9.75. The second-order valence-corrected chi connectivity index (χ2v) is 9.74. The second-order valence-electron chi connectivity index (χ2n) is 9.33. The molecule has 1 saturated carbocycles. The normalized spacial score (nSPS) is 21.3. The van der Waals surface area contributed by atoms with E-state index in [2.05, 4.69) is 5.32 Å². The number of carbonyl (C=O) groups is 3. The number of piperidine rings is 1. The molecule has 1 unspecified atom stereocenters. The van der Waals surface area contributed by atoms with Crippen LogP contribution in [0.25, 0.3) is 10.9 Å². The molecular formula is C26H26ClFN4O4. The van der Waals surface area contributed by atoms with Crippen LogP contribution < -0.4 is 11.1 Å². The van der Waals surface area contributed by atoms with Gasteiger partial charge in [0.1, 0.15) is 11.9 Å². The predicted molar refractivity (Wildman–Crippen MR) is 132 cm³/mol. The van der Waals surface area contributed by atoms with Crippen molar-refractivity contribution in [3.63, 3.8) is 0 Å². The fourth-order valence-corrected chi connectivity index (χ4v) is 5.49. The molecule has 5 rings (SSSR count). The summed E-state index contributed by atoms with van der Waals surface area (Å²) in [6.45, 7) is 0.0448. The summed E-state index contributed by atoms with van der Waals surface area (Å²) < 4.78 is 21.2. The number of nitrogens with one attached hydrogen (secondary N) is 1. The molecule has 1 aromatic heterocycles. The van der Waals surface area contributed by atoms with Gasteiger partial charge in [-0.2, -0.15) is 0 Å². The number of likely N-dealkylation sites (tertiary alicyclic amines) is 1. The average Bonchev–Trinajstić information content (AvgIpc) is 3.35. The molecule has 0 radical (unpaired) electrons. The Kier molecular flexibility index (Phi) is 6.44. The number of hydrogen-bond acceptors (Lipinski definition) is 4. The molecular weight excluding hydrogens is 487 g/mol. The third-order valence-electron chi connectivity index (χ3n) is 7.08. The molecule has 4 atom stereocenters. The lowest BCUT2D eigenvalue weighted by Crippen LogP contribution is -2.49. The molecule has 1 saturated heterocycles. The van der Waals surface area contributed by atoms with Crippen molar-refractivity contribution in [2.75, 3.05) is 13.7 Å². The standard InChI is InChI=1S/C26H26ClFN4O4/c1-36-13-19(17-6-4-7-18(27)24(17)28)30-25(34)22-10-14-9-21(14)32(22)23(33)11-15-12-31(26(29)35)20-8-3-2-5-16(15)20/h2-8,12,14,19,21-22H,9-11,13H2,1H3,(H2,29,35)(H,30,34)/t14-,19?,21-,22+/m1/s1. The Hall–Kier alpha value is -3.43. The molecule has 36 heavy (non-hydrogen) atoms. The number of nitrogens with two attached hydrogens (primary N) is 1. The fourth-order valence-electron chi connectivity index (χ4n) is 5.31. The molecule has 2 aliphatic rings. The maximum Gasteiger partial charge on any atom is 0.323 e. The zero-order valence-electron chi connectivity index (χ0n) is 19.6. The number of carbonyl (C=O) groups excluding carboxylic acids is 3. The van der Waals surface area contributed by atoms with Gasteiger partial charge in [-0.3, -0.25) is 14.2 Å². The van der Waals surface area contributed by atoms with Crippen LogP contribution in [0.15, 0.2) is 48.7 Å². The predicted octanol–water partition coefficient (Wildman–Crippen LogP) is 3.40. The van der Waals surface area contributed by atoms with Gasteiger partial charge < -0.3 is 20.7 Å². The van der Waals surface area contributed by atoms with Crippen molar-refractivity contribution in [1.82, 2.24) is 14.8 Å². The first-order valence-corrected chi connectivity index (χ1v) is 12.1. The third-order valence-corrected chi connectivity index (χ3v) is 7.37. The van der Waals surface area contributed by atoms with Gasteiger partial charge in [0, 0.05) is 30.3 Å². The Bertz CT molecular complexity index is 1360. The van der Waals surface area contributed by atoms with Crippen molar-refractivity contribution in [1.29, 1.82) is 0 Å². The van der Waals surface area contributed by atoms with Gasteiger partial charge >= 0.3 is 6.03 Å². The number of rotatable bonds is 7. The Morgan fingerprint density at radius 1 is 1.19 bits per heavy atom. The summed E-state index contributed by atoms with van der Waals surface area (Å²) in [5, 5.41) is 3.57. The average molecular weight is 513 g/mol. The number of fused-ring (bicyclic) bond motifs is 2. The van der Waals surface area contributed by atoms with Crippen molar-refractivity contribution in [3.05, 3.63) is 70.6 Å². The zero-order chi connectivity index (χ0) is 25.6. The van der Waals surface area contributed by atoms with Crippen LogP contribution in [0.4, 0.5) is 9.18 Å². The van der Waals surface area contributed by atoms with Crippen molar-refractivity contribution < 1.29 is 23.5 Å². The van der Waals surface area contributed by atoms with E-state index in [0.29, 0.717) is 17.5 Å². The van der Waals surface area contributed by atoms with Gasteiger partial charge in [0.15, 0.2) is 0 Å². The molecule has 10 heteroatoms. The molecule has 8 nitrogen and oxygen atoms in total. The van der Waals surface area contributed by atoms with Gasteiger partial charge in [0.2, 0.25) is 11.8 Å². The number of halogens is 2. The highest BCUT2D eigenvalue weighted by molar-refractivity contribution is 6.30. The van der Waals surface area contributed by atoms with Crippen LogP contribution in [0.2, 0.25) is 5.02 Å². The summed E-state index contributed by atoms with van der Waals surface area (Å²) >= 11 is 5.94.